The second-order valence-corrected chi connectivity index (χ2v) is 9.30. The summed E-state index contributed by atoms with van der Waals surface area (Å²) in [6.45, 7) is 6.08. The maximum atomic E-state index is 15.0. The molecule has 3 heteroatoms. The lowest BCUT2D eigenvalue weighted by Crippen LogP contribution is -2.56. The fraction of sp³-hybridized carbons (Fsp3) is 0.857. The summed E-state index contributed by atoms with van der Waals surface area (Å²) >= 11 is 0. The Bertz CT molecular complexity index is 558. The molecule has 4 aliphatic carbocycles. The van der Waals surface area contributed by atoms with E-state index >= 15 is 4.39 Å². The summed E-state index contributed by atoms with van der Waals surface area (Å²) in [6, 6.07) is 0. The van der Waals surface area contributed by atoms with E-state index in [4.69, 9.17) is 4.74 Å². The molecular formula is C21H31FO2. The Morgan fingerprint density at radius 2 is 1.92 bits per heavy atom. The van der Waals surface area contributed by atoms with Crippen molar-refractivity contribution in [3.05, 3.63) is 12.2 Å². The highest BCUT2D eigenvalue weighted by molar-refractivity contribution is 5.66. The van der Waals surface area contributed by atoms with Crippen LogP contribution in [0.2, 0.25) is 0 Å². The highest BCUT2D eigenvalue weighted by Gasteiger charge is 2.62. The summed E-state index contributed by atoms with van der Waals surface area (Å²) in [7, 11) is 0. The average Bonchev–Trinajstić information content (AvgIpc) is 2.85. The maximum Gasteiger partial charge on any atom is 0.302 e. The van der Waals surface area contributed by atoms with Gasteiger partial charge in [-0.3, -0.25) is 4.79 Å². The number of hydrogen-bond donors (Lipinski definition) is 0. The van der Waals surface area contributed by atoms with Gasteiger partial charge in [0, 0.05) is 17.8 Å². The monoisotopic (exact) mass is 334 g/mol. The van der Waals surface area contributed by atoms with Crippen molar-refractivity contribution in [1.82, 2.24) is 0 Å². The molecule has 0 spiro atoms. The first-order valence-electron chi connectivity index (χ1n) is 9.85. The third-order valence-corrected chi connectivity index (χ3v) is 8.51. The highest BCUT2D eigenvalue weighted by Crippen LogP contribution is 2.66. The van der Waals surface area contributed by atoms with Gasteiger partial charge in [-0.2, -0.15) is 0 Å². The minimum atomic E-state index is -0.793. The van der Waals surface area contributed by atoms with Crippen molar-refractivity contribution in [2.45, 2.75) is 78.0 Å². The minimum absolute atomic E-state index is 0.0684. The van der Waals surface area contributed by atoms with E-state index in [1.54, 1.807) is 0 Å². The maximum absolute atomic E-state index is 15.0. The molecule has 8 atom stereocenters. The summed E-state index contributed by atoms with van der Waals surface area (Å²) in [6.07, 6.45) is 10.9. The number of rotatable bonds is 1. The van der Waals surface area contributed by atoms with Gasteiger partial charge in [0.05, 0.1) is 0 Å². The molecule has 2 nitrogen and oxygen atoms in total. The number of carbonyl (C=O) groups excluding carboxylic acids is 1. The van der Waals surface area contributed by atoms with E-state index in [9.17, 15) is 4.79 Å². The number of allylic oxidation sites excluding steroid dienone is 2. The largest absolute Gasteiger partial charge is 0.462 e. The predicted octanol–water partition coefficient (Wildman–Crippen LogP) is 5.07. The average molecular weight is 334 g/mol. The molecule has 0 radical (unpaired) electrons. The van der Waals surface area contributed by atoms with Crippen LogP contribution >= 0.6 is 0 Å². The van der Waals surface area contributed by atoms with Crippen LogP contribution in [0.1, 0.15) is 65.7 Å². The first kappa shape index (κ1) is 16.6. The fourth-order valence-corrected chi connectivity index (χ4v) is 7.19. The molecule has 0 aliphatic heterocycles. The summed E-state index contributed by atoms with van der Waals surface area (Å²) in [5.74, 6) is 2.05. The van der Waals surface area contributed by atoms with Crippen molar-refractivity contribution < 1.29 is 13.9 Å². The van der Waals surface area contributed by atoms with Crippen LogP contribution < -0.4 is 0 Å². The van der Waals surface area contributed by atoms with Gasteiger partial charge in [0.15, 0.2) is 0 Å². The number of carbonyl (C=O) groups is 1. The molecule has 0 saturated heterocycles. The predicted molar refractivity (Wildman–Crippen MR) is 92.1 cm³/mol. The Kier molecular flexibility index (Phi) is 3.85. The molecule has 0 heterocycles. The number of hydrogen-bond acceptors (Lipinski definition) is 2. The van der Waals surface area contributed by atoms with Gasteiger partial charge in [-0.05, 0) is 68.6 Å². The topological polar surface area (TPSA) is 26.3 Å². The van der Waals surface area contributed by atoms with Gasteiger partial charge in [-0.25, -0.2) is 4.39 Å². The number of alkyl halides is 1. The molecule has 0 aromatic carbocycles. The number of halogens is 1. The van der Waals surface area contributed by atoms with Crippen molar-refractivity contribution in [1.29, 1.82) is 0 Å². The Morgan fingerprint density at radius 1 is 1.12 bits per heavy atom. The molecule has 4 aliphatic rings. The van der Waals surface area contributed by atoms with Crippen molar-refractivity contribution in [2.24, 2.45) is 34.5 Å². The zero-order valence-corrected chi connectivity index (χ0v) is 15.3. The number of ether oxygens (including phenoxy) is 1. The van der Waals surface area contributed by atoms with E-state index in [2.05, 4.69) is 19.9 Å². The first-order valence-corrected chi connectivity index (χ1v) is 9.85. The van der Waals surface area contributed by atoms with Crippen molar-refractivity contribution >= 4 is 5.97 Å². The number of fused-ring (bicyclic) bond motifs is 5. The van der Waals surface area contributed by atoms with Crippen LogP contribution in [0.3, 0.4) is 0 Å². The normalized spacial score (nSPS) is 53.0. The van der Waals surface area contributed by atoms with Crippen molar-refractivity contribution in [3.8, 4) is 0 Å². The van der Waals surface area contributed by atoms with Crippen molar-refractivity contribution in [3.63, 3.8) is 0 Å². The number of esters is 1. The third kappa shape index (κ3) is 2.15. The SMILES string of the molecule is CC(=O)O[C@H]1CC[C@H]2[C@@H]3CC[C@H]4CC=CC(F)[C@]4(C)[C@H]3CC[C@]12C. The molecule has 0 aromatic rings. The molecule has 24 heavy (non-hydrogen) atoms. The minimum Gasteiger partial charge on any atom is -0.462 e. The zero-order chi connectivity index (χ0) is 17.1. The molecule has 0 aromatic heterocycles. The molecule has 134 valence electrons. The summed E-state index contributed by atoms with van der Waals surface area (Å²) < 4.78 is 20.7. The smallest absolute Gasteiger partial charge is 0.302 e. The second-order valence-electron chi connectivity index (χ2n) is 9.30. The molecule has 4 rings (SSSR count). The van der Waals surface area contributed by atoms with Gasteiger partial charge in [0.25, 0.3) is 0 Å². The van der Waals surface area contributed by atoms with Crippen LogP contribution in [-0.4, -0.2) is 18.2 Å². The summed E-state index contributed by atoms with van der Waals surface area (Å²) in [5, 5.41) is 0. The second kappa shape index (κ2) is 5.57. The zero-order valence-electron chi connectivity index (χ0n) is 15.3. The first-order chi connectivity index (χ1) is 11.4. The van der Waals surface area contributed by atoms with E-state index in [0.29, 0.717) is 23.7 Å². The van der Waals surface area contributed by atoms with Gasteiger partial charge in [0.1, 0.15) is 12.3 Å². The molecule has 0 bridgehead atoms. The lowest BCUT2D eigenvalue weighted by Gasteiger charge is -2.60. The Hall–Kier alpha value is -0.860. The summed E-state index contributed by atoms with van der Waals surface area (Å²) in [4.78, 5) is 11.5. The van der Waals surface area contributed by atoms with Crippen LogP contribution in [0.5, 0.6) is 0 Å². The van der Waals surface area contributed by atoms with Crippen LogP contribution in [0.15, 0.2) is 12.2 Å². The highest BCUT2D eigenvalue weighted by atomic mass is 19.1. The Morgan fingerprint density at radius 3 is 2.67 bits per heavy atom. The van der Waals surface area contributed by atoms with E-state index < -0.39 is 6.17 Å². The quantitative estimate of drug-likeness (QED) is 0.494. The lowest BCUT2D eigenvalue weighted by molar-refractivity contribution is -0.162. The van der Waals surface area contributed by atoms with Crippen LogP contribution in [0, 0.1) is 34.5 Å². The standard InChI is InChI=1S/C21H31FO2/c1-13(23)24-19-10-9-16-15-8-7-14-5-4-6-18(22)21(14,3)17(15)11-12-20(16,19)2/h4,6,14-19H,5,7-12H2,1-3H3/t14-,15+,16+,17+,18?,19+,20+,21+/m1/s1. The van der Waals surface area contributed by atoms with E-state index in [1.807, 2.05) is 6.08 Å². The van der Waals surface area contributed by atoms with Crippen LogP contribution in [0.4, 0.5) is 4.39 Å². The van der Waals surface area contributed by atoms with Crippen molar-refractivity contribution in [2.75, 3.05) is 0 Å². The van der Waals surface area contributed by atoms with Crippen LogP contribution in [-0.2, 0) is 9.53 Å². The Balaban J connectivity index is 1.63. The third-order valence-electron chi connectivity index (χ3n) is 8.51. The van der Waals surface area contributed by atoms with Gasteiger partial charge in [-0.1, -0.05) is 26.0 Å². The summed E-state index contributed by atoms with van der Waals surface area (Å²) in [5.41, 5.74) is -0.0785. The molecule has 0 amide bonds. The molecule has 0 N–H and O–H groups in total. The molecule has 3 saturated carbocycles. The van der Waals surface area contributed by atoms with E-state index in [-0.39, 0.29) is 22.9 Å². The van der Waals surface area contributed by atoms with Crippen LogP contribution in [0.25, 0.3) is 0 Å². The van der Waals surface area contributed by atoms with E-state index in [1.165, 1.54) is 13.3 Å². The lowest BCUT2D eigenvalue weighted by atomic mass is 9.45. The molecular weight excluding hydrogens is 303 g/mol. The fourth-order valence-electron chi connectivity index (χ4n) is 7.19. The van der Waals surface area contributed by atoms with Gasteiger partial charge in [0.2, 0.25) is 0 Å². The Labute approximate surface area is 145 Å². The van der Waals surface area contributed by atoms with Gasteiger partial charge in [-0.15, -0.1) is 0 Å². The molecule has 3 fully saturated rings. The van der Waals surface area contributed by atoms with Gasteiger partial charge < -0.3 is 4.74 Å². The molecule has 1 unspecified atom stereocenters. The van der Waals surface area contributed by atoms with E-state index in [0.717, 1.165) is 38.5 Å². The van der Waals surface area contributed by atoms with Gasteiger partial charge >= 0.3 is 5.97 Å².